The van der Waals surface area contributed by atoms with Crippen molar-refractivity contribution >= 4 is 5.69 Å². The molecular weight excluding hydrogens is 262 g/mol. The molecule has 4 nitrogen and oxygen atoms in total. The molecule has 0 fully saturated rings. The summed E-state index contributed by atoms with van der Waals surface area (Å²) in [5.74, 6) is 0.663. The summed E-state index contributed by atoms with van der Waals surface area (Å²) in [5.41, 5.74) is 8.83. The van der Waals surface area contributed by atoms with Crippen LogP contribution < -0.4 is 10.5 Å². The highest BCUT2D eigenvalue weighted by Gasteiger charge is 2.08. The van der Waals surface area contributed by atoms with Crippen molar-refractivity contribution in [3.05, 3.63) is 53.7 Å². The van der Waals surface area contributed by atoms with Gasteiger partial charge in [-0.15, -0.1) is 0 Å². The number of nitrogen functional groups attached to an aromatic ring is 1. The second-order valence-corrected chi connectivity index (χ2v) is 5.12. The monoisotopic (exact) mass is 285 g/mol. The Hall–Kier alpha value is -2.07. The minimum absolute atomic E-state index is 0.663. The van der Waals surface area contributed by atoms with Gasteiger partial charge in [0.1, 0.15) is 0 Å². The van der Waals surface area contributed by atoms with Gasteiger partial charge in [-0.05, 0) is 36.7 Å². The van der Waals surface area contributed by atoms with Gasteiger partial charge in [-0.3, -0.25) is 4.90 Å². The smallest absolute Gasteiger partial charge is 0.213 e. The number of ether oxygens (including phenoxy) is 1. The number of rotatable bonds is 7. The molecule has 0 unspecified atom stereocenters. The number of hydrogen-bond donors (Lipinski definition) is 1. The minimum atomic E-state index is 0.663. The van der Waals surface area contributed by atoms with Crippen LogP contribution >= 0.6 is 0 Å². The number of nitrogens with two attached hydrogens (primary N) is 1. The maximum absolute atomic E-state index is 5.73. The van der Waals surface area contributed by atoms with Gasteiger partial charge >= 0.3 is 0 Å². The number of aromatic nitrogens is 1. The standard InChI is InChI=1S/C17H23N3O/c1-3-11-20(12-14-7-9-15(18)10-8-14)13-16-5-4-6-17(19-16)21-2/h4-10H,3,11-13,18H2,1-2H3. The number of methoxy groups -OCH3 is 1. The molecule has 21 heavy (non-hydrogen) atoms. The van der Waals surface area contributed by atoms with Crippen molar-refractivity contribution in [2.75, 3.05) is 19.4 Å². The van der Waals surface area contributed by atoms with Crippen molar-refractivity contribution < 1.29 is 4.74 Å². The Morgan fingerprint density at radius 3 is 2.52 bits per heavy atom. The van der Waals surface area contributed by atoms with E-state index >= 15 is 0 Å². The van der Waals surface area contributed by atoms with Gasteiger partial charge in [-0.1, -0.05) is 25.1 Å². The molecule has 2 aromatic rings. The Balaban J connectivity index is 2.05. The molecule has 112 valence electrons. The first-order valence-corrected chi connectivity index (χ1v) is 7.28. The van der Waals surface area contributed by atoms with E-state index in [0.29, 0.717) is 5.88 Å². The number of pyridine rings is 1. The number of benzene rings is 1. The molecular formula is C17H23N3O. The first-order valence-electron chi connectivity index (χ1n) is 7.28. The van der Waals surface area contributed by atoms with Gasteiger partial charge in [-0.25, -0.2) is 4.98 Å². The van der Waals surface area contributed by atoms with E-state index in [-0.39, 0.29) is 0 Å². The topological polar surface area (TPSA) is 51.4 Å². The fraction of sp³-hybridized carbons (Fsp3) is 0.353. The summed E-state index contributed by atoms with van der Waals surface area (Å²) in [6.45, 7) is 4.93. The molecule has 1 heterocycles. The molecule has 1 aromatic heterocycles. The van der Waals surface area contributed by atoms with Gasteiger partial charge in [0.05, 0.1) is 12.8 Å². The Bertz CT molecular complexity index is 554. The van der Waals surface area contributed by atoms with Crippen LogP contribution in [0.2, 0.25) is 0 Å². The predicted molar refractivity (Wildman–Crippen MR) is 86.0 cm³/mol. The summed E-state index contributed by atoms with van der Waals surface area (Å²) in [6.07, 6.45) is 1.11. The molecule has 0 saturated heterocycles. The lowest BCUT2D eigenvalue weighted by Gasteiger charge is -2.21. The molecule has 0 bridgehead atoms. The van der Waals surface area contributed by atoms with Crippen LogP contribution in [-0.4, -0.2) is 23.5 Å². The molecule has 0 aliphatic rings. The quantitative estimate of drug-likeness (QED) is 0.794. The Morgan fingerprint density at radius 2 is 1.86 bits per heavy atom. The highest BCUT2D eigenvalue weighted by Crippen LogP contribution is 2.13. The highest BCUT2D eigenvalue weighted by molar-refractivity contribution is 5.39. The van der Waals surface area contributed by atoms with E-state index in [0.717, 1.165) is 37.4 Å². The van der Waals surface area contributed by atoms with Gasteiger partial charge in [-0.2, -0.15) is 0 Å². The molecule has 2 N–H and O–H groups in total. The average molecular weight is 285 g/mol. The average Bonchev–Trinajstić information content (AvgIpc) is 2.50. The van der Waals surface area contributed by atoms with Crippen molar-refractivity contribution in [3.63, 3.8) is 0 Å². The second kappa shape index (κ2) is 7.64. The van der Waals surface area contributed by atoms with Gasteiger partial charge in [0.15, 0.2) is 0 Å². The summed E-state index contributed by atoms with van der Waals surface area (Å²) in [6, 6.07) is 13.9. The van der Waals surface area contributed by atoms with E-state index in [4.69, 9.17) is 10.5 Å². The maximum Gasteiger partial charge on any atom is 0.213 e. The predicted octanol–water partition coefficient (Wildman–Crippen LogP) is 3.08. The molecule has 2 rings (SSSR count). The maximum atomic E-state index is 5.73. The van der Waals surface area contributed by atoms with Crippen LogP contribution in [0.15, 0.2) is 42.5 Å². The summed E-state index contributed by atoms with van der Waals surface area (Å²) < 4.78 is 5.18. The summed E-state index contributed by atoms with van der Waals surface area (Å²) in [7, 11) is 1.64. The van der Waals surface area contributed by atoms with Crippen LogP contribution in [0, 0.1) is 0 Å². The van der Waals surface area contributed by atoms with Crippen LogP contribution in [-0.2, 0) is 13.1 Å². The van der Waals surface area contributed by atoms with Crippen molar-refractivity contribution in [1.82, 2.24) is 9.88 Å². The first kappa shape index (κ1) is 15.3. The van der Waals surface area contributed by atoms with E-state index in [9.17, 15) is 0 Å². The van der Waals surface area contributed by atoms with Crippen LogP contribution in [0.5, 0.6) is 5.88 Å². The Morgan fingerprint density at radius 1 is 1.10 bits per heavy atom. The van der Waals surface area contributed by atoms with Crippen molar-refractivity contribution in [3.8, 4) is 5.88 Å². The molecule has 0 spiro atoms. The van der Waals surface area contributed by atoms with Crippen LogP contribution in [0.4, 0.5) is 5.69 Å². The highest BCUT2D eigenvalue weighted by atomic mass is 16.5. The Labute approximate surface area is 126 Å². The van der Waals surface area contributed by atoms with Crippen molar-refractivity contribution in [2.24, 2.45) is 0 Å². The SMILES string of the molecule is CCCN(Cc1ccc(N)cc1)Cc1cccc(OC)n1. The fourth-order valence-electron chi connectivity index (χ4n) is 2.30. The van der Waals surface area contributed by atoms with E-state index in [2.05, 4.69) is 28.9 Å². The lowest BCUT2D eigenvalue weighted by molar-refractivity contribution is 0.253. The lowest BCUT2D eigenvalue weighted by atomic mass is 10.2. The number of hydrogen-bond acceptors (Lipinski definition) is 4. The van der Waals surface area contributed by atoms with E-state index in [1.807, 2.05) is 30.3 Å². The van der Waals surface area contributed by atoms with Gasteiger partial charge in [0.2, 0.25) is 5.88 Å². The van der Waals surface area contributed by atoms with Crippen LogP contribution in [0.1, 0.15) is 24.6 Å². The summed E-state index contributed by atoms with van der Waals surface area (Å²) in [4.78, 5) is 6.87. The van der Waals surface area contributed by atoms with E-state index < -0.39 is 0 Å². The summed E-state index contributed by atoms with van der Waals surface area (Å²) in [5, 5.41) is 0. The minimum Gasteiger partial charge on any atom is -0.481 e. The largest absolute Gasteiger partial charge is 0.481 e. The molecule has 0 amide bonds. The zero-order valence-electron chi connectivity index (χ0n) is 12.7. The zero-order valence-corrected chi connectivity index (χ0v) is 12.7. The molecule has 4 heteroatoms. The molecule has 0 atom stereocenters. The van der Waals surface area contributed by atoms with Crippen LogP contribution in [0.3, 0.4) is 0 Å². The fourth-order valence-corrected chi connectivity index (χ4v) is 2.30. The molecule has 0 aliphatic heterocycles. The van der Waals surface area contributed by atoms with Gasteiger partial charge in [0, 0.05) is 24.8 Å². The third-order valence-electron chi connectivity index (χ3n) is 3.30. The third kappa shape index (κ3) is 4.76. The Kier molecular flexibility index (Phi) is 5.58. The van der Waals surface area contributed by atoms with E-state index in [1.165, 1.54) is 5.56 Å². The normalized spacial score (nSPS) is 10.8. The van der Waals surface area contributed by atoms with E-state index in [1.54, 1.807) is 7.11 Å². The van der Waals surface area contributed by atoms with Gasteiger partial charge < -0.3 is 10.5 Å². The molecule has 1 aromatic carbocycles. The third-order valence-corrected chi connectivity index (χ3v) is 3.30. The number of nitrogens with zero attached hydrogens (tertiary/aromatic N) is 2. The molecule has 0 radical (unpaired) electrons. The number of anilines is 1. The van der Waals surface area contributed by atoms with Crippen LogP contribution in [0.25, 0.3) is 0 Å². The summed E-state index contributed by atoms with van der Waals surface area (Å²) >= 11 is 0. The lowest BCUT2D eigenvalue weighted by Crippen LogP contribution is -2.24. The van der Waals surface area contributed by atoms with Crippen molar-refractivity contribution in [2.45, 2.75) is 26.4 Å². The van der Waals surface area contributed by atoms with Gasteiger partial charge in [0.25, 0.3) is 0 Å². The molecule has 0 aliphatic carbocycles. The second-order valence-electron chi connectivity index (χ2n) is 5.12. The molecule has 0 saturated carbocycles. The first-order chi connectivity index (χ1) is 10.2. The van der Waals surface area contributed by atoms with Crippen molar-refractivity contribution in [1.29, 1.82) is 0 Å². The zero-order chi connectivity index (χ0) is 15.1.